The molecule has 3 heteroatoms. The lowest BCUT2D eigenvalue weighted by Gasteiger charge is -2.15. The monoisotopic (exact) mass is 263 g/mol. The van der Waals surface area contributed by atoms with Gasteiger partial charge >= 0.3 is 0 Å². The highest BCUT2D eigenvalue weighted by Crippen LogP contribution is 2.29. The summed E-state index contributed by atoms with van der Waals surface area (Å²) in [5.41, 5.74) is 2.05. The van der Waals surface area contributed by atoms with E-state index in [9.17, 15) is 4.79 Å². The Bertz CT molecular complexity index is 436. The van der Waals surface area contributed by atoms with Gasteiger partial charge in [0.15, 0.2) is 5.78 Å². The molecule has 2 nitrogen and oxygen atoms in total. The van der Waals surface area contributed by atoms with Gasteiger partial charge in [-0.05, 0) is 38.4 Å². The molecule has 0 radical (unpaired) electrons. The zero-order chi connectivity index (χ0) is 13.1. The van der Waals surface area contributed by atoms with E-state index in [1.165, 1.54) is 0 Å². The Morgan fingerprint density at radius 2 is 2.22 bits per heavy atom. The number of nitrogens with one attached hydrogen (secondary N) is 1. The smallest absolute Gasteiger partial charge is 0.180 e. The number of thioether (sulfide) groups is 1. The minimum atomic E-state index is 0.0262. The fourth-order valence-electron chi connectivity index (χ4n) is 2.29. The second kappa shape index (κ2) is 5.89. The van der Waals surface area contributed by atoms with Crippen LogP contribution in [0.5, 0.6) is 0 Å². The molecular formula is C15H21NOS. The summed E-state index contributed by atoms with van der Waals surface area (Å²) in [4.78, 5) is 13.6. The van der Waals surface area contributed by atoms with Crippen LogP contribution in [-0.4, -0.2) is 23.6 Å². The first kappa shape index (κ1) is 13.6. The molecule has 1 aliphatic rings. The molecule has 1 aromatic carbocycles. The van der Waals surface area contributed by atoms with E-state index >= 15 is 0 Å². The van der Waals surface area contributed by atoms with Crippen molar-refractivity contribution in [3.8, 4) is 0 Å². The van der Waals surface area contributed by atoms with Gasteiger partial charge in [0.05, 0.1) is 6.04 Å². The molecule has 1 N–H and O–H groups in total. The third kappa shape index (κ3) is 3.15. The zero-order valence-corrected chi connectivity index (χ0v) is 12.1. The number of hydrogen-bond donors (Lipinski definition) is 1. The summed E-state index contributed by atoms with van der Waals surface area (Å²) in [5, 5.41) is 3.79. The molecule has 1 saturated heterocycles. The van der Waals surface area contributed by atoms with E-state index in [0.717, 1.165) is 35.4 Å². The molecule has 0 saturated carbocycles. The zero-order valence-electron chi connectivity index (χ0n) is 11.3. The van der Waals surface area contributed by atoms with Gasteiger partial charge in [0.1, 0.15) is 0 Å². The molecule has 0 aliphatic carbocycles. The van der Waals surface area contributed by atoms with Crippen LogP contribution in [0.15, 0.2) is 23.1 Å². The predicted molar refractivity (Wildman–Crippen MR) is 77.5 cm³/mol. The van der Waals surface area contributed by atoms with Crippen LogP contribution in [0, 0.1) is 6.92 Å². The van der Waals surface area contributed by atoms with Crippen molar-refractivity contribution in [3.05, 3.63) is 29.3 Å². The van der Waals surface area contributed by atoms with Gasteiger partial charge in [0.25, 0.3) is 0 Å². The molecule has 0 bridgehead atoms. The quantitative estimate of drug-likeness (QED) is 0.666. The second-order valence-electron chi connectivity index (χ2n) is 5.18. The van der Waals surface area contributed by atoms with Gasteiger partial charge in [0.2, 0.25) is 0 Å². The summed E-state index contributed by atoms with van der Waals surface area (Å²) in [5.74, 6) is 0.263. The highest BCUT2D eigenvalue weighted by molar-refractivity contribution is 8.00. The lowest BCUT2D eigenvalue weighted by molar-refractivity contribution is 0.0949. The summed E-state index contributed by atoms with van der Waals surface area (Å²) in [6.45, 7) is 7.33. The van der Waals surface area contributed by atoms with Crippen molar-refractivity contribution in [2.24, 2.45) is 0 Å². The topological polar surface area (TPSA) is 29.1 Å². The van der Waals surface area contributed by atoms with Crippen LogP contribution in [0.4, 0.5) is 0 Å². The van der Waals surface area contributed by atoms with Crippen molar-refractivity contribution < 1.29 is 4.79 Å². The summed E-state index contributed by atoms with van der Waals surface area (Å²) >= 11 is 1.77. The molecule has 98 valence electrons. The number of Topliss-reactive ketones (excluding diaryl/α,β-unsaturated/α-hetero) is 1. The van der Waals surface area contributed by atoms with E-state index in [1.807, 2.05) is 13.0 Å². The molecule has 1 heterocycles. The third-order valence-corrected chi connectivity index (χ3v) is 4.22. The Hall–Kier alpha value is -0.800. The summed E-state index contributed by atoms with van der Waals surface area (Å²) < 4.78 is 0. The number of rotatable bonds is 4. The van der Waals surface area contributed by atoms with E-state index in [1.54, 1.807) is 11.8 Å². The van der Waals surface area contributed by atoms with Crippen LogP contribution in [-0.2, 0) is 0 Å². The van der Waals surface area contributed by atoms with E-state index in [2.05, 4.69) is 31.3 Å². The van der Waals surface area contributed by atoms with Crippen molar-refractivity contribution >= 4 is 17.5 Å². The largest absolute Gasteiger partial charge is 0.307 e. The van der Waals surface area contributed by atoms with Crippen molar-refractivity contribution in [1.29, 1.82) is 0 Å². The average Bonchev–Trinajstić information content (AvgIpc) is 2.83. The molecule has 1 aromatic rings. The number of hydrogen-bond acceptors (Lipinski definition) is 3. The highest BCUT2D eigenvalue weighted by atomic mass is 32.2. The SMILES string of the molecule is Cc1ccc(SC(C)C)c(C(=O)C2CCCN2)c1. The Morgan fingerprint density at radius 1 is 1.44 bits per heavy atom. The summed E-state index contributed by atoms with van der Waals surface area (Å²) in [6, 6.07) is 6.23. The molecule has 2 rings (SSSR count). The predicted octanol–water partition coefficient (Wildman–Crippen LogP) is 3.43. The minimum Gasteiger partial charge on any atom is -0.307 e. The van der Waals surface area contributed by atoms with E-state index < -0.39 is 0 Å². The van der Waals surface area contributed by atoms with Gasteiger partial charge in [-0.3, -0.25) is 4.79 Å². The van der Waals surface area contributed by atoms with Crippen LogP contribution in [0.3, 0.4) is 0 Å². The normalized spacial score (nSPS) is 19.4. The van der Waals surface area contributed by atoms with Crippen LogP contribution in [0.1, 0.15) is 42.6 Å². The first-order chi connectivity index (χ1) is 8.58. The first-order valence-electron chi connectivity index (χ1n) is 6.63. The maximum atomic E-state index is 12.5. The summed E-state index contributed by atoms with van der Waals surface area (Å²) in [7, 11) is 0. The molecule has 0 aromatic heterocycles. The molecule has 0 spiro atoms. The Balaban J connectivity index is 2.28. The maximum absolute atomic E-state index is 12.5. The number of ketones is 1. The van der Waals surface area contributed by atoms with Crippen LogP contribution in [0.2, 0.25) is 0 Å². The van der Waals surface area contributed by atoms with E-state index in [-0.39, 0.29) is 11.8 Å². The standard InChI is InChI=1S/C15H21NOS/c1-10(2)18-14-7-6-11(3)9-12(14)15(17)13-5-4-8-16-13/h6-7,9-10,13,16H,4-5,8H2,1-3H3. The minimum absolute atomic E-state index is 0.0262. The van der Waals surface area contributed by atoms with Crippen molar-refractivity contribution in [1.82, 2.24) is 5.32 Å². The van der Waals surface area contributed by atoms with E-state index in [0.29, 0.717) is 5.25 Å². The lowest BCUT2D eigenvalue weighted by Crippen LogP contribution is -2.31. The maximum Gasteiger partial charge on any atom is 0.180 e. The van der Waals surface area contributed by atoms with Crippen LogP contribution < -0.4 is 5.32 Å². The lowest BCUT2D eigenvalue weighted by atomic mass is 10.0. The van der Waals surface area contributed by atoms with Crippen molar-refractivity contribution in [3.63, 3.8) is 0 Å². The highest BCUT2D eigenvalue weighted by Gasteiger charge is 2.25. The van der Waals surface area contributed by atoms with Gasteiger partial charge in [-0.15, -0.1) is 11.8 Å². The molecule has 1 atom stereocenters. The molecule has 18 heavy (non-hydrogen) atoms. The molecular weight excluding hydrogens is 242 g/mol. The average molecular weight is 263 g/mol. The molecule has 1 unspecified atom stereocenters. The van der Waals surface area contributed by atoms with Gasteiger partial charge in [-0.1, -0.05) is 25.5 Å². The van der Waals surface area contributed by atoms with Gasteiger partial charge < -0.3 is 5.32 Å². The van der Waals surface area contributed by atoms with Crippen LogP contribution >= 0.6 is 11.8 Å². The number of aryl methyl sites for hydroxylation is 1. The Labute approximate surface area is 114 Å². The second-order valence-corrected chi connectivity index (χ2v) is 6.80. The molecule has 1 fully saturated rings. The number of benzene rings is 1. The Morgan fingerprint density at radius 3 is 2.83 bits per heavy atom. The number of carbonyl (C=O) groups excluding carboxylic acids is 1. The third-order valence-electron chi connectivity index (χ3n) is 3.14. The number of carbonyl (C=O) groups is 1. The van der Waals surface area contributed by atoms with Crippen molar-refractivity contribution in [2.75, 3.05) is 6.54 Å². The van der Waals surface area contributed by atoms with Gasteiger partial charge in [0, 0.05) is 15.7 Å². The van der Waals surface area contributed by atoms with Crippen molar-refractivity contribution in [2.45, 2.75) is 49.8 Å². The summed E-state index contributed by atoms with van der Waals surface area (Å²) in [6.07, 6.45) is 2.08. The fourth-order valence-corrected chi connectivity index (χ4v) is 3.23. The molecule has 0 amide bonds. The van der Waals surface area contributed by atoms with Gasteiger partial charge in [-0.2, -0.15) is 0 Å². The van der Waals surface area contributed by atoms with E-state index in [4.69, 9.17) is 0 Å². The molecule has 1 aliphatic heterocycles. The Kier molecular flexibility index (Phi) is 4.46. The first-order valence-corrected chi connectivity index (χ1v) is 7.51. The van der Waals surface area contributed by atoms with Crippen LogP contribution in [0.25, 0.3) is 0 Å². The van der Waals surface area contributed by atoms with Gasteiger partial charge in [-0.25, -0.2) is 0 Å². The fraction of sp³-hybridized carbons (Fsp3) is 0.533.